The Morgan fingerprint density at radius 3 is 2.58 bits per heavy atom. The van der Waals surface area contributed by atoms with Crippen molar-refractivity contribution in [1.29, 1.82) is 5.26 Å². The van der Waals surface area contributed by atoms with Gasteiger partial charge in [-0.25, -0.2) is 0 Å². The highest BCUT2D eigenvalue weighted by molar-refractivity contribution is 5.96. The van der Waals surface area contributed by atoms with Crippen LogP contribution < -0.4 is 5.73 Å². The van der Waals surface area contributed by atoms with Crippen LogP contribution in [0.4, 0.5) is 0 Å². The van der Waals surface area contributed by atoms with Gasteiger partial charge in [0.25, 0.3) is 0 Å². The Bertz CT molecular complexity index is 895. The van der Waals surface area contributed by atoms with Crippen LogP contribution in [0.2, 0.25) is 0 Å². The molecule has 4 heteroatoms. The van der Waals surface area contributed by atoms with E-state index in [9.17, 15) is 5.26 Å². The molecule has 3 rings (SSSR count). The summed E-state index contributed by atoms with van der Waals surface area (Å²) in [4.78, 5) is 8.89. The maximum Gasteiger partial charge on any atom is 0.0999 e. The molecular weight excluding hydrogens is 296 g/mol. The summed E-state index contributed by atoms with van der Waals surface area (Å²) in [6.45, 7) is 4.27. The highest BCUT2D eigenvalue weighted by Gasteiger charge is 2.15. The maximum atomic E-state index is 9.56. The zero-order chi connectivity index (χ0) is 17.1. The Morgan fingerprint density at radius 1 is 1.17 bits per heavy atom. The van der Waals surface area contributed by atoms with E-state index in [1.807, 2.05) is 36.4 Å². The van der Waals surface area contributed by atoms with Crippen molar-refractivity contribution >= 4 is 10.9 Å². The maximum absolute atomic E-state index is 9.56. The number of benzene rings is 1. The molecule has 0 bridgehead atoms. The lowest BCUT2D eigenvalue weighted by atomic mass is 9.96. The largest absolute Gasteiger partial charge is 0.323 e. The van der Waals surface area contributed by atoms with Gasteiger partial charge in [0.05, 0.1) is 22.8 Å². The SMILES string of the molecule is CC(C)C[C@@H](N)c1cc(C#N)c2cccc(-c3ccncc3)c2n1. The fourth-order valence-electron chi connectivity index (χ4n) is 2.94. The Labute approximate surface area is 142 Å². The first-order valence-corrected chi connectivity index (χ1v) is 8.10. The summed E-state index contributed by atoms with van der Waals surface area (Å²) < 4.78 is 0. The van der Waals surface area contributed by atoms with E-state index in [-0.39, 0.29) is 6.04 Å². The van der Waals surface area contributed by atoms with E-state index in [2.05, 4.69) is 24.9 Å². The summed E-state index contributed by atoms with van der Waals surface area (Å²) in [6.07, 6.45) is 4.35. The van der Waals surface area contributed by atoms with Gasteiger partial charge in [0.2, 0.25) is 0 Å². The van der Waals surface area contributed by atoms with Crippen LogP contribution in [0.25, 0.3) is 22.0 Å². The number of nitriles is 1. The van der Waals surface area contributed by atoms with Gasteiger partial charge in [-0.05, 0) is 36.1 Å². The van der Waals surface area contributed by atoms with E-state index in [0.717, 1.165) is 34.1 Å². The van der Waals surface area contributed by atoms with Crippen LogP contribution in [-0.4, -0.2) is 9.97 Å². The van der Waals surface area contributed by atoms with Gasteiger partial charge in [-0.15, -0.1) is 0 Å². The normalized spacial score (nSPS) is 12.3. The quantitative estimate of drug-likeness (QED) is 0.782. The van der Waals surface area contributed by atoms with Gasteiger partial charge in [0.15, 0.2) is 0 Å². The third-order valence-corrected chi connectivity index (χ3v) is 4.08. The summed E-state index contributed by atoms with van der Waals surface area (Å²) in [6, 6.07) is 13.7. The van der Waals surface area contributed by atoms with Crippen LogP contribution >= 0.6 is 0 Å². The molecule has 4 nitrogen and oxygen atoms in total. The van der Waals surface area contributed by atoms with Gasteiger partial charge in [0.1, 0.15) is 0 Å². The molecule has 0 aliphatic heterocycles. The van der Waals surface area contributed by atoms with Crippen molar-refractivity contribution in [3.63, 3.8) is 0 Å². The molecule has 0 amide bonds. The lowest BCUT2D eigenvalue weighted by molar-refractivity contribution is 0.503. The molecule has 0 spiro atoms. The molecule has 0 fully saturated rings. The number of nitrogens with zero attached hydrogens (tertiary/aromatic N) is 3. The van der Waals surface area contributed by atoms with Crippen molar-refractivity contribution in [3.8, 4) is 17.2 Å². The lowest BCUT2D eigenvalue weighted by Crippen LogP contribution is -2.15. The first kappa shape index (κ1) is 16.1. The molecule has 2 aromatic heterocycles. The highest BCUT2D eigenvalue weighted by Crippen LogP contribution is 2.30. The summed E-state index contributed by atoms with van der Waals surface area (Å²) in [5.74, 6) is 0.471. The third-order valence-electron chi connectivity index (χ3n) is 4.08. The van der Waals surface area contributed by atoms with E-state index < -0.39 is 0 Å². The van der Waals surface area contributed by atoms with Gasteiger partial charge in [-0.2, -0.15) is 5.26 Å². The first-order valence-electron chi connectivity index (χ1n) is 8.10. The standard InChI is InChI=1S/C20H20N4/c1-13(2)10-18(22)19-11-15(12-21)17-5-3-4-16(20(17)24-19)14-6-8-23-9-7-14/h3-9,11,13,18H,10,22H2,1-2H3/t18-/m1/s1. The van der Waals surface area contributed by atoms with E-state index in [0.29, 0.717) is 11.5 Å². The fraction of sp³-hybridized carbons (Fsp3) is 0.250. The highest BCUT2D eigenvalue weighted by atomic mass is 14.8. The van der Waals surface area contributed by atoms with Crippen LogP contribution in [0.15, 0.2) is 48.8 Å². The minimum absolute atomic E-state index is 0.174. The second kappa shape index (κ2) is 6.77. The summed E-state index contributed by atoms with van der Waals surface area (Å²) >= 11 is 0. The molecule has 1 aromatic carbocycles. The number of fused-ring (bicyclic) bond motifs is 1. The van der Waals surface area contributed by atoms with Crippen molar-refractivity contribution in [1.82, 2.24) is 9.97 Å². The van der Waals surface area contributed by atoms with Crippen LogP contribution in [0.1, 0.15) is 37.6 Å². The fourth-order valence-corrected chi connectivity index (χ4v) is 2.94. The van der Waals surface area contributed by atoms with Crippen molar-refractivity contribution < 1.29 is 0 Å². The zero-order valence-electron chi connectivity index (χ0n) is 13.9. The van der Waals surface area contributed by atoms with Crippen molar-refractivity contribution in [3.05, 3.63) is 60.0 Å². The number of para-hydroxylation sites is 1. The first-order chi connectivity index (χ1) is 11.6. The Kier molecular flexibility index (Phi) is 4.54. The number of rotatable bonds is 4. The topological polar surface area (TPSA) is 75.6 Å². The monoisotopic (exact) mass is 316 g/mol. The predicted octanol–water partition coefficient (Wildman–Crippen LogP) is 4.21. The molecule has 24 heavy (non-hydrogen) atoms. The predicted molar refractivity (Wildman–Crippen MR) is 96.1 cm³/mol. The average molecular weight is 316 g/mol. The van der Waals surface area contributed by atoms with E-state index in [4.69, 9.17) is 10.7 Å². The summed E-state index contributed by atoms with van der Waals surface area (Å²) in [5.41, 5.74) is 10.5. The van der Waals surface area contributed by atoms with Crippen LogP contribution in [0, 0.1) is 17.2 Å². The Hall–Kier alpha value is -2.77. The minimum atomic E-state index is -0.174. The molecule has 0 unspecified atom stereocenters. The zero-order valence-corrected chi connectivity index (χ0v) is 13.9. The summed E-state index contributed by atoms with van der Waals surface area (Å²) in [7, 11) is 0. The van der Waals surface area contributed by atoms with E-state index >= 15 is 0 Å². The number of hydrogen-bond donors (Lipinski definition) is 1. The molecular formula is C20H20N4. The van der Waals surface area contributed by atoms with Crippen molar-refractivity contribution in [2.45, 2.75) is 26.3 Å². The van der Waals surface area contributed by atoms with Crippen LogP contribution in [-0.2, 0) is 0 Å². The molecule has 0 aliphatic rings. The number of hydrogen-bond acceptors (Lipinski definition) is 4. The lowest BCUT2D eigenvalue weighted by Gasteiger charge is -2.16. The molecule has 1 atom stereocenters. The molecule has 2 N–H and O–H groups in total. The number of aromatic nitrogens is 2. The molecule has 0 radical (unpaired) electrons. The minimum Gasteiger partial charge on any atom is -0.323 e. The van der Waals surface area contributed by atoms with Crippen LogP contribution in [0.3, 0.4) is 0 Å². The molecule has 0 aliphatic carbocycles. The van der Waals surface area contributed by atoms with Crippen molar-refractivity contribution in [2.24, 2.45) is 11.7 Å². The molecule has 0 saturated carbocycles. The number of pyridine rings is 2. The molecule has 2 heterocycles. The second-order valence-corrected chi connectivity index (χ2v) is 6.38. The van der Waals surface area contributed by atoms with Gasteiger partial charge >= 0.3 is 0 Å². The molecule has 3 aromatic rings. The third kappa shape index (κ3) is 3.12. The Morgan fingerprint density at radius 2 is 1.92 bits per heavy atom. The van der Waals surface area contributed by atoms with Gasteiger partial charge in [0, 0.05) is 29.4 Å². The smallest absolute Gasteiger partial charge is 0.0999 e. The van der Waals surface area contributed by atoms with Gasteiger partial charge in [-0.3, -0.25) is 9.97 Å². The second-order valence-electron chi connectivity index (χ2n) is 6.38. The average Bonchev–Trinajstić information content (AvgIpc) is 2.60. The van der Waals surface area contributed by atoms with Crippen LogP contribution in [0.5, 0.6) is 0 Å². The van der Waals surface area contributed by atoms with E-state index in [1.54, 1.807) is 12.4 Å². The molecule has 120 valence electrons. The summed E-state index contributed by atoms with van der Waals surface area (Å²) in [5, 5.41) is 10.4. The van der Waals surface area contributed by atoms with Crippen molar-refractivity contribution in [2.75, 3.05) is 0 Å². The Balaban J connectivity index is 2.23. The van der Waals surface area contributed by atoms with Gasteiger partial charge < -0.3 is 5.73 Å². The van der Waals surface area contributed by atoms with E-state index in [1.165, 1.54) is 0 Å². The van der Waals surface area contributed by atoms with Gasteiger partial charge in [-0.1, -0.05) is 32.0 Å². The molecule has 0 saturated heterocycles. The number of nitrogens with two attached hydrogens (primary N) is 1.